The van der Waals surface area contributed by atoms with E-state index in [0.29, 0.717) is 23.9 Å². The second-order valence-electron chi connectivity index (χ2n) is 9.47. The average molecular weight is 500 g/mol. The minimum atomic E-state index is -0.0728. The highest BCUT2D eigenvalue weighted by Gasteiger charge is 2.18. The Balaban J connectivity index is 1.53. The van der Waals surface area contributed by atoms with Crippen LogP contribution in [0.15, 0.2) is 54.7 Å². The van der Waals surface area contributed by atoms with E-state index in [4.69, 9.17) is 19.6 Å². The van der Waals surface area contributed by atoms with Gasteiger partial charge in [-0.1, -0.05) is 24.3 Å². The molecule has 4 aromatic rings. The van der Waals surface area contributed by atoms with E-state index in [-0.39, 0.29) is 5.91 Å². The standard InChI is InChI=1S/C29H33N5O3/c1-4-30-29(35)23-10-9-22(15-20(23)3)25-18-32-28-24(31-17-21-11-13-36-14-12-21)16-27(33-34(25)28)37-26-8-6-5-7-19(26)2/h5-10,15-16,18,21,31H,4,11-14,17H2,1-3H3,(H,30,35). The first kappa shape index (κ1) is 24.8. The number of amides is 1. The SMILES string of the molecule is CCNC(=O)c1ccc(-c2cnc3c(NCC4CCOCC4)cc(Oc4ccccc4C)nn23)cc1C. The van der Waals surface area contributed by atoms with Crippen LogP contribution in [0.3, 0.4) is 0 Å². The van der Waals surface area contributed by atoms with Crippen LogP contribution in [0, 0.1) is 19.8 Å². The first-order chi connectivity index (χ1) is 18.0. The number of benzene rings is 2. The summed E-state index contributed by atoms with van der Waals surface area (Å²) in [5.74, 6) is 1.71. The minimum Gasteiger partial charge on any atom is -0.437 e. The Morgan fingerprint density at radius 1 is 1.11 bits per heavy atom. The molecule has 0 spiro atoms. The summed E-state index contributed by atoms with van der Waals surface area (Å²) in [6, 6.07) is 15.6. The maximum atomic E-state index is 12.4. The maximum absolute atomic E-state index is 12.4. The number of nitrogens with zero attached hydrogens (tertiary/aromatic N) is 3. The summed E-state index contributed by atoms with van der Waals surface area (Å²) >= 11 is 0. The Morgan fingerprint density at radius 3 is 2.68 bits per heavy atom. The summed E-state index contributed by atoms with van der Waals surface area (Å²) in [7, 11) is 0. The molecule has 1 amide bonds. The molecule has 0 radical (unpaired) electrons. The Bertz CT molecular complexity index is 1410. The number of aromatic nitrogens is 3. The molecule has 1 aliphatic rings. The fraction of sp³-hybridized carbons (Fsp3) is 0.345. The predicted octanol–water partition coefficient (Wildman–Crippen LogP) is 5.39. The lowest BCUT2D eigenvalue weighted by Crippen LogP contribution is -2.23. The van der Waals surface area contributed by atoms with Gasteiger partial charge in [-0.05, 0) is 68.9 Å². The van der Waals surface area contributed by atoms with Gasteiger partial charge in [-0.15, -0.1) is 5.10 Å². The summed E-state index contributed by atoms with van der Waals surface area (Å²) < 4.78 is 13.6. The van der Waals surface area contributed by atoms with Crippen molar-refractivity contribution < 1.29 is 14.3 Å². The molecule has 1 fully saturated rings. The van der Waals surface area contributed by atoms with Crippen molar-refractivity contribution in [2.24, 2.45) is 5.92 Å². The summed E-state index contributed by atoms with van der Waals surface area (Å²) in [5, 5.41) is 11.3. The lowest BCUT2D eigenvalue weighted by Gasteiger charge is -2.23. The molecule has 2 N–H and O–H groups in total. The first-order valence-electron chi connectivity index (χ1n) is 12.9. The number of carbonyl (C=O) groups excluding carboxylic acids is 1. The number of ether oxygens (including phenoxy) is 2. The second-order valence-corrected chi connectivity index (χ2v) is 9.47. The third-order valence-corrected chi connectivity index (χ3v) is 6.78. The second kappa shape index (κ2) is 11.0. The summed E-state index contributed by atoms with van der Waals surface area (Å²) in [6.07, 6.45) is 3.90. The van der Waals surface area contributed by atoms with Crippen molar-refractivity contribution >= 4 is 17.2 Å². The first-order valence-corrected chi connectivity index (χ1v) is 12.9. The number of nitrogens with one attached hydrogen (secondary N) is 2. The van der Waals surface area contributed by atoms with Crippen LogP contribution in [0.5, 0.6) is 11.6 Å². The number of aryl methyl sites for hydroxylation is 2. The van der Waals surface area contributed by atoms with Crippen molar-refractivity contribution in [2.75, 3.05) is 31.6 Å². The molecule has 0 bridgehead atoms. The van der Waals surface area contributed by atoms with Crippen molar-refractivity contribution in [3.05, 3.63) is 71.4 Å². The molecule has 0 aliphatic carbocycles. The Labute approximate surface area is 217 Å². The number of para-hydroxylation sites is 1. The molecule has 8 nitrogen and oxygen atoms in total. The fourth-order valence-corrected chi connectivity index (χ4v) is 4.64. The van der Waals surface area contributed by atoms with E-state index in [1.54, 1.807) is 0 Å². The highest BCUT2D eigenvalue weighted by atomic mass is 16.5. The molecule has 5 rings (SSSR count). The number of anilines is 1. The third-order valence-electron chi connectivity index (χ3n) is 6.78. The normalized spacial score (nSPS) is 14.0. The lowest BCUT2D eigenvalue weighted by atomic mass is 10.0. The zero-order chi connectivity index (χ0) is 25.8. The van der Waals surface area contributed by atoms with Crippen LogP contribution in [-0.4, -0.2) is 46.8 Å². The van der Waals surface area contributed by atoms with E-state index in [9.17, 15) is 4.79 Å². The highest BCUT2D eigenvalue weighted by Crippen LogP contribution is 2.31. The number of carbonyl (C=O) groups is 1. The van der Waals surface area contributed by atoms with Crippen LogP contribution >= 0.6 is 0 Å². The summed E-state index contributed by atoms with van der Waals surface area (Å²) in [4.78, 5) is 17.1. The van der Waals surface area contributed by atoms with Crippen molar-refractivity contribution in [3.8, 4) is 22.9 Å². The maximum Gasteiger partial charge on any atom is 0.251 e. The van der Waals surface area contributed by atoms with E-state index in [1.165, 1.54) is 0 Å². The third kappa shape index (κ3) is 5.44. The molecule has 0 saturated carbocycles. The Morgan fingerprint density at radius 2 is 1.92 bits per heavy atom. The largest absolute Gasteiger partial charge is 0.437 e. The topological polar surface area (TPSA) is 89.8 Å². The van der Waals surface area contributed by atoms with E-state index in [1.807, 2.05) is 80.0 Å². The van der Waals surface area contributed by atoms with Crippen molar-refractivity contribution in [1.29, 1.82) is 0 Å². The zero-order valence-corrected chi connectivity index (χ0v) is 21.6. The van der Waals surface area contributed by atoms with Gasteiger partial charge in [0.25, 0.3) is 5.91 Å². The monoisotopic (exact) mass is 499 g/mol. The molecule has 1 saturated heterocycles. The van der Waals surface area contributed by atoms with Gasteiger partial charge in [0.2, 0.25) is 5.88 Å². The van der Waals surface area contributed by atoms with Gasteiger partial charge in [-0.25, -0.2) is 9.50 Å². The van der Waals surface area contributed by atoms with Crippen LogP contribution in [-0.2, 0) is 4.74 Å². The summed E-state index contributed by atoms with van der Waals surface area (Å²) in [6.45, 7) is 8.89. The molecule has 37 heavy (non-hydrogen) atoms. The van der Waals surface area contributed by atoms with Gasteiger partial charge in [0, 0.05) is 43.5 Å². The molecule has 3 heterocycles. The summed E-state index contributed by atoms with van der Waals surface area (Å²) in [5.41, 5.74) is 5.93. The van der Waals surface area contributed by atoms with Crippen molar-refractivity contribution in [1.82, 2.24) is 19.9 Å². The predicted molar refractivity (Wildman–Crippen MR) is 144 cm³/mol. The Hall–Kier alpha value is -3.91. The number of fused-ring (bicyclic) bond motifs is 1. The van der Waals surface area contributed by atoms with Gasteiger partial charge in [-0.2, -0.15) is 0 Å². The molecule has 1 aliphatic heterocycles. The van der Waals surface area contributed by atoms with Gasteiger partial charge >= 0.3 is 0 Å². The molecule has 0 unspecified atom stereocenters. The lowest BCUT2D eigenvalue weighted by molar-refractivity contribution is 0.0699. The van der Waals surface area contributed by atoms with Crippen molar-refractivity contribution in [2.45, 2.75) is 33.6 Å². The zero-order valence-electron chi connectivity index (χ0n) is 21.6. The smallest absolute Gasteiger partial charge is 0.251 e. The van der Waals surface area contributed by atoms with Gasteiger partial charge in [0.05, 0.1) is 17.6 Å². The molecular formula is C29H33N5O3. The highest BCUT2D eigenvalue weighted by molar-refractivity contribution is 5.96. The van der Waals surface area contributed by atoms with Crippen LogP contribution in [0.2, 0.25) is 0 Å². The molecule has 0 atom stereocenters. The van der Waals surface area contributed by atoms with Crippen LogP contribution < -0.4 is 15.4 Å². The van der Waals surface area contributed by atoms with Gasteiger partial charge in [0.15, 0.2) is 5.65 Å². The quantitative estimate of drug-likeness (QED) is 0.338. The number of rotatable bonds is 8. The Kier molecular flexibility index (Phi) is 7.37. The van der Waals surface area contributed by atoms with Gasteiger partial charge < -0.3 is 20.1 Å². The van der Waals surface area contributed by atoms with Crippen LogP contribution in [0.25, 0.3) is 16.9 Å². The molecule has 2 aromatic carbocycles. The average Bonchev–Trinajstić information content (AvgIpc) is 3.33. The van der Waals surface area contributed by atoms with Crippen LogP contribution in [0.4, 0.5) is 5.69 Å². The van der Waals surface area contributed by atoms with E-state index in [0.717, 1.165) is 72.1 Å². The fourth-order valence-electron chi connectivity index (χ4n) is 4.64. The van der Waals surface area contributed by atoms with Gasteiger partial charge in [-0.3, -0.25) is 4.79 Å². The van der Waals surface area contributed by atoms with E-state index in [2.05, 4.69) is 10.6 Å². The number of hydrogen-bond acceptors (Lipinski definition) is 6. The number of imidazole rings is 1. The minimum absolute atomic E-state index is 0.0728. The number of hydrogen-bond donors (Lipinski definition) is 2. The molecule has 2 aromatic heterocycles. The van der Waals surface area contributed by atoms with Gasteiger partial charge in [0.1, 0.15) is 5.75 Å². The van der Waals surface area contributed by atoms with Crippen molar-refractivity contribution in [3.63, 3.8) is 0 Å². The van der Waals surface area contributed by atoms with Crippen LogP contribution in [0.1, 0.15) is 41.3 Å². The van der Waals surface area contributed by atoms with E-state index >= 15 is 0 Å². The van der Waals surface area contributed by atoms with E-state index < -0.39 is 0 Å². The molecule has 8 heteroatoms. The molecular weight excluding hydrogens is 466 g/mol. The molecule has 192 valence electrons.